The highest BCUT2D eigenvalue weighted by atomic mass is 16.2. The number of benzene rings is 1. The third-order valence-corrected chi connectivity index (χ3v) is 2.67. The highest BCUT2D eigenvalue weighted by molar-refractivity contribution is 6.21. The maximum atomic E-state index is 11.9. The molecule has 0 bridgehead atoms. The molecule has 0 radical (unpaired) electrons. The van der Waals surface area contributed by atoms with E-state index < -0.39 is 6.04 Å². The molecule has 80 valence electrons. The fourth-order valence-corrected chi connectivity index (χ4v) is 1.82. The van der Waals surface area contributed by atoms with Crippen LogP contribution in [0.1, 0.15) is 34.1 Å². The largest absolute Gasteiger partial charge is 0.269 e. The van der Waals surface area contributed by atoms with Gasteiger partial charge in [0.15, 0.2) is 0 Å². The Morgan fingerprint density at radius 3 is 2.12 bits per heavy atom. The molecule has 0 saturated heterocycles. The Labute approximate surface area is 93.1 Å². The molecule has 0 aliphatic carbocycles. The summed E-state index contributed by atoms with van der Waals surface area (Å²) in [4.78, 5) is 24.9. The van der Waals surface area contributed by atoms with Crippen molar-refractivity contribution in [2.24, 2.45) is 0 Å². The van der Waals surface area contributed by atoms with Gasteiger partial charge in [0, 0.05) is 0 Å². The van der Waals surface area contributed by atoms with Crippen molar-refractivity contribution in [3.05, 3.63) is 35.4 Å². The van der Waals surface area contributed by atoms with E-state index in [2.05, 4.69) is 0 Å². The van der Waals surface area contributed by atoms with E-state index in [1.807, 2.05) is 6.07 Å². The van der Waals surface area contributed by atoms with E-state index in [0.29, 0.717) is 17.5 Å². The Bertz CT molecular complexity index is 467. The van der Waals surface area contributed by atoms with Crippen LogP contribution in [0.15, 0.2) is 24.3 Å². The molecule has 2 rings (SSSR count). The molecule has 1 aliphatic rings. The number of rotatable bonds is 2. The van der Waals surface area contributed by atoms with Crippen LogP contribution < -0.4 is 0 Å². The van der Waals surface area contributed by atoms with Gasteiger partial charge in [0.25, 0.3) is 11.8 Å². The number of amides is 2. The van der Waals surface area contributed by atoms with Crippen LogP contribution in [0.25, 0.3) is 0 Å². The molecule has 1 aliphatic heterocycles. The van der Waals surface area contributed by atoms with Crippen LogP contribution in [0.4, 0.5) is 0 Å². The summed E-state index contributed by atoms with van der Waals surface area (Å²) in [6.07, 6.45) is 0.446. The van der Waals surface area contributed by atoms with Gasteiger partial charge in [0.2, 0.25) is 0 Å². The number of imide groups is 1. The van der Waals surface area contributed by atoms with Crippen LogP contribution in [0, 0.1) is 11.3 Å². The van der Waals surface area contributed by atoms with Gasteiger partial charge in [-0.05, 0) is 18.6 Å². The smallest absolute Gasteiger partial charge is 0.262 e. The fraction of sp³-hybridized carbons (Fsp3) is 0.250. The minimum Gasteiger partial charge on any atom is -0.269 e. The zero-order valence-electron chi connectivity index (χ0n) is 8.80. The monoisotopic (exact) mass is 214 g/mol. The van der Waals surface area contributed by atoms with Crippen LogP contribution >= 0.6 is 0 Å². The maximum Gasteiger partial charge on any atom is 0.262 e. The highest BCUT2D eigenvalue weighted by Gasteiger charge is 2.39. The van der Waals surface area contributed by atoms with Crippen molar-refractivity contribution in [3.63, 3.8) is 0 Å². The molecular formula is C12H10N2O2. The molecule has 0 fully saturated rings. The molecule has 1 heterocycles. The number of nitrogens with zero attached hydrogens (tertiary/aromatic N) is 2. The Kier molecular flexibility index (Phi) is 2.45. The average Bonchev–Trinajstić information content (AvgIpc) is 2.57. The summed E-state index contributed by atoms with van der Waals surface area (Å²) >= 11 is 0. The zero-order chi connectivity index (χ0) is 11.7. The number of fused-ring (bicyclic) bond motifs is 1. The molecular weight excluding hydrogens is 204 g/mol. The highest BCUT2D eigenvalue weighted by Crippen LogP contribution is 2.24. The quantitative estimate of drug-likeness (QED) is 0.702. The average molecular weight is 214 g/mol. The lowest BCUT2D eigenvalue weighted by atomic mass is 10.1. The van der Waals surface area contributed by atoms with Gasteiger partial charge in [-0.1, -0.05) is 19.1 Å². The summed E-state index contributed by atoms with van der Waals surface area (Å²) < 4.78 is 0. The predicted molar refractivity (Wildman–Crippen MR) is 56.6 cm³/mol. The van der Waals surface area contributed by atoms with Crippen molar-refractivity contribution in [1.29, 1.82) is 5.26 Å². The first-order valence-electron chi connectivity index (χ1n) is 5.07. The lowest BCUT2D eigenvalue weighted by Gasteiger charge is -2.18. The summed E-state index contributed by atoms with van der Waals surface area (Å²) in [6, 6.07) is 7.94. The molecule has 4 heteroatoms. The van der Waals surface area contributed by atoms with Gasteiger partial charge in [-0.15, -0.1) is 0 Å². The minimum absolute atomic E-state index is 0.367. The minimum atomic E-state index is -0.674. The first kappa shape index (κ1) is 10.4. The topological polar surface area (TPSA) is 61.2 Å². The van der Waals surface area contributed by atoms with Crippen molar-refractivity contribution in [3.8, 4) is 6.07 Å². The molecule has 4 nitrogen and oxygen atoms in total. The van der Waals surface area contributed by atoms with Gasteiger partial charge in [-0.25, -0.2) is 0 Å². The lowest BCUT2D eigenvalue weighted by Crippen LogP contribution is -2.38. The van der Waals surface area contributed by atoms with E-state index in [4.69, 9.17) is 5.26 Å². The van der Waals surface area contributed by atoms with E-state index in [1.54, 1.807) is 31.2 Å². The summed E-state index contributed by atoms with van der Waals surface area (Å²) in [5.74, 6) is -0.733. The lowest BCUT2D eigenvalue weighted by molar-refractivity contribution is 0.0616. The van der Waals surface area contributed by atoms with E-state index in [-0.39, 0.29) is 11.8 Å². The Morgan fingerprint density at radius 2 is 1.75 bits per heavy atom. The predicted octanol–water partition coefficient (Wildman–Crippen LogP) is 1.58. The molecule has 1 aromatic carbocycles. The molecule has 16 heavy (non-hydrogen) atoms. The molecule has 1 aromatic rings. The van der Waals surface area contributed by atoms with Crippen molar-refractivity contribution in [2.45, 2.75) is 19.4 Å². The number of carbonyl (C=O) groups is 2. The summed E-state index contributed by atoms with van der Waals surface area (Å²) in [5.41, 5.74) is 0.780. The fourth-order valence-electron chi connectivity index (χ4n) is 1.82. The van der Waals surface area contributed by atoms with Crippen molar-refractivity contribution in [2.75, 3.05) is 0 Å². The van der Waals surface area contributed by atoms with Crippen LogP contribution in [0.5, 0.6) is 0 Å². The molecule has 0 aromatic heterocycles. The molecule has 1 unspecified atom stereocenters. The number of nitriles is 1. The van der Waals surface area contributed by atoms with Crippen LogP contribution in [0.2, 0.25) is 0 Å². The van der Waals surface area contributed by atoms with Gasteiger partial charge in [0.1, 0.15) is 6.04 Å². The normalized spacial score (nSPS) is 15.9. The third kappa shape index (κ3) is 1.29. The van der Waals surface area contributed by atoms with Crippen molar-refractivity contribution in [1.82, 2.24) is 4.90 Å². The second kappa shape index (κ2) is 3.78. The Balaban J connectivity index is 2.47. The van der Waals surface area contributed by atoms with Gasteiger partial charge >= 0.3 is 0 Å². The van der Waals surface area contributed by atoms with E-state index >= 15 is 0 Å². The van der Waals surface area contributed by atoms with Gasteiger partial charge in [-0.3, -0.25) is 14.5 Å². The van der Waals surface area contributed by atoms with E-state index in [9.17, 15) is 9.59 Å². The molecule has 0 N–H and O–H groups in total. The standard InChI is InChI=1S/C12H10N2O2/c1-2-8(7-13)14-11(15)9-5-3-4-6-10(9)12(14)16/h3-6,8H,2H2,1H3. The van der Waals surface area contributed by atoms with E-state index in [1.165, 1.54) is 0 Å². The summed E-state index contributed by atoms with van der Waals surface area (Å²) in [5, 5.41) is 8.90. The SMILES string of the molecule is CCC(C#N)N1C(=O)c2ccccc2C1=O. The molecule has 0 spiro atoms. The number of hydrogen-bond donors (Lipinski definition) is 0. The zero-order valence-corrected chi connectivity index (χ0v) is 8.80. The van der Waals surface area contributed by atoms with Crippen LogP contribution in [-0.4, -0.2) is 22.8 Å². The molecule has 0 saturated carbocycles. The second-order valence-corrected chi connectivity index (χ2v) is 3.58. The molecule has 2 amide bonds. The van der Waals surface area contributed by atoms with Crippen molar-refractivity contribution < 1.29 is 9.59 Å². The summed E-state index contributed by atoms with van der Waals surface area (Å²) in [7, 11) is 0. The summed E-state index contributed by atoms with van der Waals surface area (Å²) in [6.45, 7) is 1.78. The van der Waals surface area contributed by atoms with E-state index in [0.717, 1.165) is 4.90 Å². The van der Waals surface area contributed by atoms with Crippen LogP contribution in [-0.2, 0) is 0 Å². The van der Waals surface area contributed by atoms with Crippen molar-refractivity contribution >= 4 is 11.8 Å². The second-order valence-electron chi connectivity index (χ2n) is 3.58. The van der Waals surface area contributed by atoms with Gasteiger partial charge in [0.05, 0.1) is 17.2 Å². The maximum absolute atomic E-state index is 11.9. The number of carbonyl (C=O) groups excluding carboxylic acids is 2. The van der Waals surface area contributed by atoms with Gasteiger partial charge in [-0.2, -0.15) is 5.26 Å². The Hall–Kier alpha value is -2.15. The number of hydrogen-bond acceptors (Lipinski definition) is 3. The van der Waals surface area contributed by atoms with Crippen LogP contribution in [0.3, 0.4) is 0 Å². The van der Waals surface area contributed by atoms with Gasteiger partial charge < -0.3 is 0 Å². The first-order chi connectivity index (χ1) is 7.70. The third-order valence-electron chi connectivity index (χ3n) is 2.67. The molecule has 1 atom stereocenters. The first-order valence-corrected chi connectivity index (χ1v) is 5.07. The Morgan fingerprint density at radius 1 is 1.25 bits per heavy atom.